The van der Waals surface area contributed by atoms with Crippen LogP contribution in [0.1, 0.15) is 21.5 Å². The van der Waals surface area contributed by atoms with Crippen molar-refractivity contribution in [2.24, 2.45) is 5.14 Å². The van der Waals surface area contributed by atoms with Gasteiger partial charge in [0.15, 0.2) is 5.78 Å². The minimum absolute atomic E-state index is 0.00259. The van der Waals surface area contributed by atoms with Crippen LogP contribution in [0.3, 0.4) is 0 Å². The molecule has 0 saturated heterocycles. The van der Waals surface area contributed by atoms with Gasteiger partial charge in [0, 0.05) is 23.4 Å². The van der Waals surface area contributed by atoms with Crippen LogP contribution in [0, 0.1) is 0 Å². The van der Waals surface area contributed by atoms with Crippen molar-refractivity contribution in [2.45, 2.75) is 11.3 Å². The molecule has 0 spiro atoms. The number of halogens is 1. The lowest BCUT2D eigenvalue weighted by atomic mass is 10.0. The number of hydrogen-bond donors (Lipinski definition) is 2. The first-order valence-corrected chi connectivity index (χ1v) is 8.52. The lowest BCUT2D eigenvalue weighted by Gasteiger charge is -2.07. The highest BCUT2D eigenvalue weighted by Gasteiger charge is 2.19. The molecule has 114 valence electrons. The number of nitrogens with two attached hydrogens (primary N) is 1. The summed E-state index contributed by atoms with van der Waals surface area (Å²) in [4.78, 5) is 12.3. The van der Waals surface area contributed by atoms with Crippen molar-refractivity contribution in [2.75, 3.05) is 11.9 Å². The van der Waals surface area contributed by atoms with Crippen LogP contribution in [0.25, 0.3) is 0 Å². The highest BCUT2D eigenvalue weighted by Crippen LogP contribution is 2.26. The summed E-state index contributed by atoms with van der Waals surface area (Å²) in [6.07, 6.45) is 0.861. The summed E-state index contributed by atoms with van der Waals surface area (Å²) in [5.74, 6) is -0.267. The monoisotopic (exact) mass is 336 g/mol. The summed E-state index contributed by atoms with van der Waals surface area (Å²) in [5.41, 5.74) is 2.84. The Morgan fingerprint density at radius 2 is 1.82 bits per heavy atom. The number of anilines is 1. The molecule has 0 aromatic heterocycles. The van der Waals surface area contributed by atoms with E-state index in [1.807, 2.05) is 12.1 Å². The number of primary sulfonamides is 1. The maximum atomic E-state index is 12.5. The molecule has 3 N–H and O–H groups in total. The minimum atomic E-state index is -3.98. The molecule has 1 aliphatic heterocycles. The zero-order valence-electron chi connectivity index (χ0n) is 11.5. The number of benzene rings is 2. The van der Waals surface area contributed by atoms with E-state index in [2.05, 4.69) is 5.32 Å². The van der Waals surface area contributed by atoms with Crippen LogP contribution < -0.4 is 10.5 Å². The molecule has 1 heterocycles. The standard InChI is InChI=1S/C15H13ClN2O3S/c16-12-3-1-11(8-14(12)22(17,20)21)15(19)10-2-4-13-9(7-10)5-6-18-13/h1-4,7-8,18H,5-6H2,(H2,17,20,21). The number of fused-ring (bicyclic) bond motifs is 1. The van der Waals surface area contributed by atoms with Gasteiger partial charge in [0.1, 0.15) is 4.90 Å². The van der Waals surface area contributed by atoms with Gasteiger partial charge in [0.25, 0.3) is 0 Å². The van der Waals surface area contributed by atoms with Gasteiger partial charge < -0.3 is 5.32 Å². The lowest BCUT2D eigenvalue weighted by molar-refractivity contribution is 0.103. The molecule has 5 nitrogen and oxygen atoms in total. The summed E-state index contributed by atoms with van der Waals surface area (Å²) in [6.45, 7) is 0.851. The molecule has 0 fully saturated rings. The van der Waals surface area contributed by atoms with E-state index in [1.54, 1.807) is 6.07 Å². The molecule has 0 bridgehead atoms. The first-order chi connectivity index (χ1) is 10.4. The second-order valence-corrected chi connectivity index (χ2v) is 7.01. The normalized spacial score (nSPS) is 13.5. The lowest BCUT2D eigenvalue weighted by Crippen LogP contribution is -2.14. The Bertz CT molecular complexity index is 878. The van der Waals surface area contributed by atoms with Crippen molar-refractivity contribution in [3.05, 3.63) is 58.1 Å². The molecule has 2 aromatic rings. The van der Waals surface area contributed by atoms with Gasteiger partial charge in [0.05, 0.1) is 5.02 Å². The van der Waals surface area contributed by atoms with Crippen molar-refractivity contribution < 1.29 is 13.2 Å². The van der Waals surface area contributed by atoms with Crippen LogP contribution in [0.2, 0.25) is 5.02 Å². The van der Waals surface area contributed by atoms with E-state index in [0.717, 1.165) is 24.2 Å². The van der Waals surface area contributed by atoms with Crippen LogP contribution in [0.15, 0.2) is 41.3 Å². The summed E-state index contributed by atoms with van der Waals surface area (Å²) >= 11 is 5.83. The Morgan fingerprint density at radius 3 is 2.55 bits per heavy atom. The smallest absolute Gasteiger partial charge is 0.239 e. The van der Waals surface area contributed by atoms with Gasteiger partial charge in [0.2, 0.25) is 10.0 Å². The number of ketones is 1. The number of sulfonamides is 1. The van der Waals surface area contributed by atoms with E-state index < -0.39 is 10.0 Å². The fraction of sp³-hybridized carbons (Fsp3) is 0.133. The number of nitrogens with one attached hydrogen (secondary N) is 1. The molecule has 1 aliphatic rings. The fourth-order valence-corrected chi connectivity index (χ4v) is 3.55. The van der Waals surface area contributed by atoms with E-state index >= 15 is 0 Å². The molecular weight excluding hydrogens is 324 g/mol. The fourth-order valence-electron chi connectivity index (χ4n) is 2.48. The predicted octanol–water partition coefficient (Wildman–Crippen LogP) is 2.19. The Labute approximate surface area is 133 Å². The van der Waals surface area contributed by atoms with Gasteiger partial charge in [-0.15, -0.1) is 0 Å². The zero-order valence-corrected chi connectivity index (χ0v) is 13.0. The second kappa shape index (κ2) is 5.39. The topological polar surface area (TPSA) is 89.3 Å². The average Bonchev–Trinajstić information content (AvgIpc) is 2.93. The van der Waals surface area contributed by atoms with E-state index in [9.17, 15) is 13.2 Å². The first-order valence-electron chi connectivity index (χ1n) is 6.60. The van der Waals surface area contributed by atoms with Crippen LogP contribution in [-0.2, 0) is 16.4 Å². The van der Waals surface area contributed by atoms with Gasteiger partial charge in [-0.3, -0.25) is 4.79 Å². The molecule has 7 heteroatoms. The molecule has 0 radical (unpaired) electrons. The molecule has 22 heavy (non-hydrogen) atoms. The molecule has 0 unspecified atom stereocenters. The predicted molar refractivity (Wildman–Crippen MR) is 84.9 cm³/mol. The third-order valence-corrected chi connectivity index (χ3v) is 4.97. The van der Waals surface area contributed by atoms with Gasteiger partial charge in [-0.2, -0.15) is 0 Å². The minimum Gasteiger partial charge on any atom is -0.384 e. The molecule has 0 amide bonds. The van der Waals surface area contributed by atoms with Crippen molar-refractivity contribution in [3.8, 4) is 0 Å². The first kappa shape index (κ1) is 15.0. The number of hydrogen-bond acceptors (Lipinski definition) is 4. The van der Waals surface area contributed by atoms with Crippen molar-refractivity contribution >= 4 is 33.1 Å². The highest BCUT2D eigenvalue weighted by atomic mass is 35.5. The molecule has 0 aliphatic carbocycles. The van der Waals surface area contributed by atoms with E-state index in [4.69, 9.17) is 16.7 Å². The quantitative estimate of drug-likeness (QED) is 0.841. The van der Waals surface area contributed by atoms with Gasteiger partial charge >= 0.3 is 0 Å². The maximum Gasteiger partial charge on any atom is 0.239 e. The molecule has 3 rings (SSSR count). The van der Waals surface area contributed by atoms with E-state index in [-0.39, 0.29) is 21.3 Å². The Morgan fingerprint density at radius 1 is 1.14 bits per heavy atom. The second-order valence-electron chi connectivity index (χ2n) is 5.07. The maximum absolute atomic E-state index is 12.5. The highest BCUT2D eigenvalue weighted by molar-refractivity contribution is 7.89. The Hall–Kier alpha value is -1.89. The summed E-state index contributed by atoms with van der Waals surface area (Å²) in [7, 11) is -3.98. The summed E-state index contributed by atoms with van der Waals surface area (Å²) in [6, 6.07) is 9.46. The van der Waals surface area contributed by atoms with Gasteiger partial charge in [-0.1, -0.05) is 11.6 Å². The number of rotatable bonds is 3. The molecular formula is C15H13ClN2O3S. The van der Waals surface area contributed by atoms with Crippen LogP contribution in [0.5, 0.6) is 0 Å². The summed E-state index contributed by atoms with van der Waals surface area (Å²) in [5, 5.41) is 8.32. The van der Waals surface area contributed by atoms with Crippen LogP contribution in [0.4, 0.5) is 5.69 Å². The SMILES string of the molecule is NS(=O)(=O)c1cc(C(=O)c2ccc3c(c2)CCN3)ccc1Cl. The summed E-state index contributed by atoms with van der Waals surface area (Å²) < 4.78 is 23.0. The van der Waals surface area contributed by atoms with Crippen LogP contribution in [-0.4, -0.2) is 20.7 Å². The zero-order chi connectivity index (χ0) is 15.9. The Balaban J connectivity index is 2.03. The largest absolute Gasteiger partial charge is 0.384 e. The van der Waals surface area contributed by atoms with Gasteiger partial charge in [-0.25, -0.2) is 13.6 Å². The van der Waals surface area contributed by atoms with E-state index in [1.165, 1.54) is 18.2 Å². The third-order valence-electron chi connectivity index (χ3n) is 3.58. The van der Waals surface area contributed by atoms with E-state index in [0.29, 0.717) is 5.56 Å². The van der Waals surface area contributed by atoms with Crippen molar-refractivity contribution in [3.63, 3.8) is 0 Å². The number of carbonyl (C=O) groups is 1. The number of carbonyl (C=O) groups excluding carboxylic acids is 1. The molecule has 2 aromatic carbocycles. The van der Waals surface area contributed by atoms with Crippen molar-refractivity contribution in [1.82, 2.24) is 0 Å². The molecule has 0 atom stereocenters. The average molecular weight is 337 g/mol. The van der Waals surface area contributed by atoms with Crippen LogP contribution >= 0.6 is 11.6 Å². The third kappa shape index (κ3) is 2.72. The van der Waals surface area contributed by atoms with Crippen molar-refractivity contribution in [1.29, 1.82) is 0 Å². The molecule has 0 saturated carbocycles. The van der Waals surface area contributed by atoms with Gasteiger partial charge in [-0.05, 0) is 48.4 Å². The Kier molecular flexibility index (Phi) is 3.68.